The van der Waals surface area contributed by atoms with Gasteiger partial charge in [0.25, 0.3) is 0 Å². The number of benzene rings is 3. The largest absolute Gasteiger partial charge is 0.303 e. The van der Waals surface area contributed by atoms with Gasteiger partial charge in [-0.2, -0.15) is 4.31 Å². The Morgan fingerprint density at radius 2 is 1.26 bits per heavy atom. The summed E-state index contributed by atoms with van der Waals surface area (Å²) in [7, 11) is -5.46. The number of piperidine rings is 1. The van der Waals surface area contributed by atoms with E-state index in [2.05, 4.69) is 17.0 Å². The summed E-state index contributed by atoms with van der Waals surface area (Å²) in [5, 5.41) is 0. The summed E-state index contributed by atoms with van der Waals surface area (Å²) < 4.78 is 56.0. The molecule has 1 aliphatic heterocycles. The third kappa shape index (κ3) is 7.15. The Morgan fingerprint density at radius 3 is 1.77 bits per heavy atom. The molecule has 3 aromatic carbocycles. The lowest BCUT2D eigenvalue weighted by Gasteiger charge is -2.38. The summed E-state index contributed by atoms with van der Waals surface area (Å²) in [4.78, 5) is 3.02. The molecule has 0 spiro atoms. The van der Waals surface area contributed by atoms with E-state index in [4.69, 9.17) is 0 Å². The second-order valence-electron chi connectivity index (χ2n) is 10.1. The molecule has 0 amide bonds. The van der Waals surface area contributed by atoms with Crippen LogP contribution in [0.2, 0.25) is 0 Å². The van der Waals surface area contributed by atoms with Crippen LogP contribution in [0.4, 0.5) is 0 Å². The first-order valence-corrected chi connectivity index (χ1v) is 16.5. The fourth-order valence-corrected chi connectivity index (χ4v) is 8.34. The summed E-state index contributed by atoms with van der Waals surface area (Å²) in [5.41, 5.74) is 1.12. The van der Waals surface area contributed by atoms with Gasteiger partial charge in [0, 0.05) is 26.2 Å². The third-order valence-electron chi connectivity index (χ3n) is 7.62. The van der Waals surface area contributed by atoms with Gasteiger partial charge in [0.2, 0.25) is 20.0 Å². The van der Waals surface area contributed by atoms with E-state index in [1.165, 1.54) is 4.31 Å². The van der Waals surface area contributed by atoms with E-state index in [0.717, 1.165) is 44.5 Å². The van der Waals surface area contributed by atoms with Crippen LogP contribution in [0, 0.1) is 0 Å². The zero-order valence-corrected chi connectivity index (χ0v) is 24.4. The number of likely N-dealkylation sites (N-methyl/N-ethyl adjacent to an activating group) is 1. The first-order chi connectivity index (χ1) is 18.7. The van der Waals surface area contributed by atoms with Crippen molar-refractivity contribution in [2.75, 3.05) is 39.8 Å². The molecular formula is C30H39N3O4S2. The van der Waals surface area contributed by atoms with Crippen molar-refractivity contribution in [3.05, 3.63) is 96.6 Å². The molecule has 1 heterocycles. The molecule has 1 unspecified atom stereocenters. The van der Waals surface area contributed by atoms with E-state index in [1.54, 1.807) is 59.9 Å². The Balaban J connectivity index is 1.39. The van der Waals surface area contributed by atoms with E-state index >= 15 is 0 Å². The molecule has 0 aliphatic carbocycles. The summed E-state index contributed by atoms with van der Waals surface area (Å²) >= 11 is 0. The van der Waals surface area contributed by atoms with E-state index < -0.39 is 20.0 Å². The molecule has 0 aromatic heterocycles. The Morgan fingerprint density at radius 1 is 0.769 bits per heavy atom. The molecule has 39 heavy (non-hydrogen) atoms. The number of likely N-dealkylation sites (tertiary alicyclic amines) is 1. The Labute approximate surface area is 234 Å². The van der Waals surface area contributed by atoms with Crippen molar-refractivity contribution < 1.29 is 16.8 Å². The van der Waals surface area contributed by atoms with Crippen molar-refractivity contribution in [3.63, 3.8) is 0 Å². The van der Waals surface area contributed by atoms with Crippen molar-refractivity contribution in [2.24, 2.45) is 0 Å². The molecule has 0 radical (unpaired) electrons. The Hall–Kier alpha value is -2.56. The average molecular weight is 570 g/mol. The number of rotatable bonds is 12. The molecule has 0 bridgehead atoms. The zero-order valence-electron chi connectivity index (χ0n) is 22.8. The van der Waals surface area contributed by atoms with E-state index in [9.17, 15) is 16.8 Å². The van der Waals surface area contributed by atoms with Gasteiger partial charge in [-0.1, -0.05) is 73.7 Å². The minimum atomic E-state index is -3.58. The van der Waals surface area contributed by atoms with Gasteiger partial charge < -0.3 is 4.90 Å². The molecule has 4 rings (SSSR count). The number of sulfonamides is 2. The van der Waals surface area contributed by atoms with Crippen LogP contribution in [-0.4, -0.2) is 76.2 Å². The standard InChI is InChI=1S/C30H39N3O4S2/c1-3-33(39(36,37)30-17-11-6-12-18-30)28-20-23-32(24-21-28)22-19-27(26-13-7-4-8-14-26)25-31(2)38(34,35)29-15-9-5-10-16-29/h4-18,27-28H,3,19-25H2,1-2H3. The van der Waals surface area contributed by atoms with Crippen LogP contribution >= 0.6 is 0 Å². The fraction of sp³-hybridized carbons (Fsp3) is 0.400. The molecule has 1 fully saturated rings. The van der Waals surface area contributed by atoms with E-state index in [-0.39, 0.29) is 12.0 Å². The Kier molecular flexibility index (Phi) is 9.96. The summed E-state index contributed by atoms with van der Waals surface area (Å²) in [6.07, 6.45) is 2.36. The fourth-order valence-electron chi connectivity index (χ4n) is 5.39. The summed E-state index contributed by atoms with van der Waals surface area (Å²) in [5.74, 6) is 0.0398. The van der Waals surface area contributed by atoms with Crippen LogP contribution in [0.3, 0.4) is 0 Å². The maximum absolute atomic E-state index is 13.3. The lowest BCUT2D eigenvalue weighted by Crippen LogP contribution is -2.47. The number of hydrogen-bond acceptors (Lipinski definition) is 5. The number of hydrogen-bond donors (Lipinski definition) is 0. The predicted octanol–water partition coefficient (Wildman–Crippen LogP) is 4.66. The molecule has 1 aliphatic rings. The van der Waals surface area contributed by atoms with Gasteiger partial charge in [-0.25, -0.2) is 21.1 Å². The lowest BCUT2D eigenvalue weighted by atomic mass is 9.94. The van der Waals surface area contributed by atoms with Crippen LogP contribution in [0.5, 0.6) is 0 Å². The van der Waals surface area contributed by atoms with Crippen molar-refractivity contribution >= 4 is 20.0 Å². The van der Waals surface area contributed by atoms with Gasteiger partial charge in [0.1, 0.15) is 0 Å². The van der Waals surface area contributed by atoms with Crippen molar-refractivity contribution in [1.82, 2.24) is 13.5 Å². The third-order valence-corrected chi connectivity index (χ3v) is 11.5. The first kappa shape index (κ1) is 29.4. The highest BCUT2D eigenvalue weighted by atomic mass is 32.2. The minimum Gasteiger partial charge on any atom is -0.303 e. The molecule has 3 aromatic rings. The van der Waals surface area contributed by atoms with Gasteiger partial charge in [-0.3, -0.25) is 0 Å². The Bertz CT molecular complexity index is 1380. The number of nitrogens with zero attached hydrogens (tertiary/aromatic N) is 3. The van der Waals surface area contributed by atoms with Gasteiger partial charge in [0.05, 0.1) is 9.79 Å². The normalized spacial score (nSPS) is 16.5. The topological polar surface area (TPSA) is 78.0 Å². The monoisotopic (exact) mass is 569 g/mol. The van der Waals surface area contributed by atoms with E-state index in [0.29, 0.717) is 22.9 Å². The van der Waals surface area contributed by atoms with Gasteiger partial charge in [-0.05, 0) is 74.6 Å². The molecule has 1 saturated heterocycles. The molecule has 210 valence electrons. The second kappa shape index (κ2) is 13.2. The minimum absolute atomic E-state index is 0.0245. The second-order valence-corrected chi connectivity index (χ2v) is 14.0. The van der Waals surface area contributed by atoms with Crippen LogP contribution < -0.4 is 0 Å². The van der Waals surface area contributed by atoms with Gasteiger partial charge in [0.15, 0.2) is 0 Å². The quantitative estimate of drug-likeness (QED) is 0.317. The van der Waals surface area contributed by atoms with Crippen LogP contribution in [0.1, 0.15) is 37.7 Å². The predicted molar refractivity (Wildman–Crippen MR) is 156 cm³/mol. The molecular weight excluding hydrogens is 530 g/mol. The zero-order chi connectivity index (χ0) is 27.9. The van der Waals surface area contributed by atoms with Crippen molar-refractivity contribution in [1.29, 1.82) is 0 Å². The van der Waals surface area contributed by atoms with Crippen LogP contribution in [-0.2, 0) is 20.0 Å². The van der Waals surface area contributed by atoms with E-state index in [1.807, 2.05) is 37.3 Å². The highest BCUT2D eigenvalue weighted by Gasteiger charge is 2.33. The molecule has 0 N–H and O–H groups in total. The molecule has 9 heteroatoms. The summed E-state index contributed by atoms with van der Waals surface area (Å²) in [6, 6.07) is 27.3. The SMILES string of the molecule is CCN(C1CCN(CCC(CN(C)S(=O)(=O)c2ccccc2)c2ccccc2)CC1)S(=O)(=O)c1ccccc1. The highest BCUT2D eigenvalue weighted by molar-refractivity contribution is 7.89. The maximum atomic E-state index is 13.3. The van der Waals surface area contributed by atoms with Crippen LogP contribution in [0.25, 0.3) is 0 Å². The maximum Gasteiger partial charge on any atom is 0.243 e. The van der Waals surface area contributed by atoms with Gasteiger partial charge >= 0.3 is 0 Å². The van der Waals surface area contributed by atoms with Gasteiger partial charge in [-0.15, -0.1) is 0 Å². The lowest BCUT2D eigenvalue weighted by molar-refractivity contribution is 0.156. The summed E-state index contributed by atoms with van der Waals surface area (Å²) in [6.45, 7) is 5.17. The molecule has 0 saturated carbocycles. The first-order valence-electron chi connectivity index (χ1n) is 13.6. The smallest absolute Gasteiger partial charge is 0.243 e. The van der Waals surface area contributed by atoms with Crippen molar-refractivity contribution in [2.45, 2.75) is 47.9 Å². The van der Waals surface area contributed by atoms with Crippen molar-refractivity contribution in [3.8, 4) is 0 Å². The molecule has 7 nitrogen and oxygen atoms in total. The average Bonchev–Trinajstić information content (AvgIpc) is 2.97. The molecule has 1 atom stereocenters. The highest BCUT2D eigenvalue weighted by Crippen LogP contribution is 2.27. The van der Waals surface area contributed by atoms with Crippen LogP contribution in [0.15, 0.2) is 101 Å².